The van der Waals surface area contributed by atoms with Crippen molar-refractivity contribution >= 4 is 48.1 Å². The van der Waals surface area contributed by atoms with Crippen LogP contribution >= 0.6 is 17.0 Å². The molecule has 6 aromatic carbocycles. The fourth-order valence-corrected chi connectivity index (χ4v) is 5.16. The van der Waals surface area contributed by atoms with Gasteiger partial charge >= 0.3 is 37.9 Å². The molecule has 0 spiro atoms. The van der Waals surface area contributed by atoms with Crippen molar-refractivity contribution in [3.05, 3.63) is 131 Å². The van der Waals surface area contributed by atoms with Crippen LogP contribution in [0.1, 0.15) is 42.0 Å². The van der Waals surface area contributed by atoms with Gasteiger partial charge in [0.15, 0.2) is 0 Å². The Labute approximate surface area is 274 Å². The molecular formula is C38H40Cl2SiZr. The second-order valence-corrected chi connectivity index (χ2v) is 15.5. The first kappa shape index (κ1) is 34.3. The van der Waals surface area contributed by atoms with Crippen LogP contribution in [0.25, 0.3) is 43.8 Å². The zero-order chi connectivity index (χ0) is 30.6. The van der Waals surface area contributed by atoms with Crippen molar-refractivity contribution in [2.24, 2.45) is 0 Å². The standard InChI is InChI=1S/2C18H17.C2H6Si.2ClH.Zr/c1-12-10-17-14(3)8-9-16(18(17)11-12)15-7-5-4-6-13(15)2;1-13(2)16-11-15-9-6-10-17(18(15)12-16)14-7-4-3-5-8-14;1-3-2;;;/h4-11H,1-3H3;3-13H,1-2H3;1-2H3;2*1H;/q2*-1;;;;+4/p-2. The second kappa shape index (κ2) is 17.2. The molecule has 0 aromatic heterocycles. The molecule has 4 heteroatoms. The molecule has 42 heavy (non-hydrogen) atoms. The van der Waals surface area contributed by atoms with E-state index in [9.17, 15) is 0 Å². The quantitative estimate of drug-likeness (QED) is 0.128. The third-order valence-electron chi connectivity index (χ3n) is 7.21. The molecule has 0 saturated heterocycles. The van der Waals surface area contributed by atoms with Gasteiger partial charge < -0.3 is 0 Å². The van der Waals surface area contributed by atoms with Gasteiger partial charge in [-0.15, -0.1) is 68.6 Å². The SMILES string of the molecule is CC(C)c1cc2c(-c3ccccc3)cccc2[cH-]1.C[Si]C.Cc1cc2c(-c3ccccc3C)ccc(C)c2[cH-]1.[Cl][Zr+2][Cl]. The summed E-state index contributed by atoms with van der Waals surface area (Å²) in [5.74, 6) is 0.584. The van der Waals surface area contributed by atoms with Gasteiger partial charge in [0, 0.05) is 9.52 Å². The third kappa shape index (κ3) is 8.90. The van der Waals surface area contributed by atoms with E-state index in [1.54, 1.807) is 0 Å². The predicted octanol–water partition coefficient (Wildman–Crippen LogP) is 12.7. The van der Waals surface area contributed by atoms with Gasteiger partial charge in [0.25, 0.3) is 0 Å². The van der Waals surface area contributed by atoms with E-state index in [2.05, 4.69) is 157 Å². The Hall–Kier alpha value is -2.22. The van der Waals surface area contributed by atoms with E-state index >= 15 is 0 Å². The van der Waals surface area contributed by atoms with E-state index in [4.69, 9.17) is 17.0 Å². The first-order valence-electron chi connectivity index (χ1n) is 14.3. The monoisotopic (exact) mass is 684 g/mol. The van der Waals surface area contributed by atoms with Crippen LogP contribution in [0.2, 0.25) is 13.1 Å². The topological polar surface area (TPSA) is 0 Å². The third-order valence-corrected chi connectivity index (χ3v) is 7.21. The van der Waals surface area contributed by atoms with Gasteiger partial charge in [-0.1, -0.05) is 119 Å². The molecule has 0 aliphatic rings. The summed E-state index contributed by atoms with van der Waals surface area (Å²) >= 11 is -0.826. The summed E-state index contributed by atoms with van der Waals surface area (Å²) in [7, 11) is 11.0. The molecule has 0 bridgehead atoms. The van der Waals surface area contributed by atoms with Crippen LogP contribution in [0.3, 0.4) is 0 Å². The fraction of sp³-hybridized carbons (Fsp3) is 0.211. The van der Waals surface area contributed by atoms with Crippen LogP contribution in [-0.2, 0) is 20.8 Å². The number of rotatable bonds is 3. The molecule has 6 aromatic rings. The van der Waals surface area contributed by atoms with Crippen LogP contribution in [-0.4, -0.2) is 9.52 Å². The number of benzene rings is 4. The maximum atomic E-state index is 4.93. The normalized spacial score (nSPS) is 10.2. The maximum absolute atomic E-state index is 4.93. The Kier molecular flexibility index (Phi) is 14.0. The van der Waals surface area contributed by atoms with E-state index in [0.717, 1.165) is 9.52 Å². The van der Waals surface area contributed by atoms with Crippen LogP contribution < -0.4 is 0 Å². The Morgan fingerprint density at radius 1 is 0.643 bits per heavy atom. The summed E-state index contributed by atoms with van der Waals surface area (Å²) in [6.45, 7) is 15.3. The molecule has 0 aliphatic heterocycles. The molecule has 214 valence electrons. The molecule has 0 nitrogen and oxygen atoms in total. The van der Waals surface area contributed by atoms with E-state index < -0.39 is 20.8 Å². The minimum absolute atomic E-state index is 0.584. The average molecular weight is 687 g/mol. The molecule has 0 unspecified atom stereocenters. The molecule has 0 fully saturated rings. The molecule has 0 N–H and O–H groups in total. The van der Waals surface area contributed by atoms with Gasteiger partial charge in [-0.05, 0) is 29.5 Å². The summed E-state index contributed by atoms with van der Waals surface area (Å²) in [5, 5.41) is 5.47. The molecule has 0 atom stereocenters. The summed E-state index contributed by atoms with van der Waals surface area (Å²) in [6, 6.07) is 39.5. The van der Waals surface area contributed by atoms with Crippen LogP contribution in [0.4, 0.5) is 0 Å². The molecule has 6 rings (SSSR count). The zero-order valence-electron chi connectivity index (χ0n) is 25.7. The summed E-state index contributed by atoms with van der Waals surface area (Å²) in [5.41, 5.74) is 10.8. The van der Waals surface area contributed by atoms with Crippen molar-refractivity contribution in [2.45, 2.75) is 53.6 Å². The molecule has 0 saturated carbocycles. The zero-order valence-corrected chi connectivity index (χ0v) is 30.7. The Bertz CT molecular complexity index is 1680. The first-order chi connectivity index (χ1) is 20.2. The van der Waals surface area contributed by atoms with Crippen molar-refractivity contribution in [3.8, 4) is 22.3 Å². The van der Waals surface area contributed by atoms with Gasteiger partial charge in [-0.3, -0.25) is 0 Å². The van der Waals surface area contributed by atoms with Gasteiger partial charge in [-0.2, -0.15) is 12.1 Å². The first-order valence-corrected chi connectivity index (χ1v) is 22.6. The van der Waals surface area contributed by atoms with Crippen molar-refractivity contribution < 1.29 is 20.8 Å². The minimum atomic E-state index is -0.826. The Balaban J connectivity index is 0.000000195. The number of halogens is 2. The van der Waals surface area contributed by atoms with Crippen LogP contribution in [0, 0.1) is 20.8 Å². The molecule has 2 radical (unpaired) electrons. The fourth-order valence-electron chi connectivity index (χ4n) is 5.16. The number of fused-ring (bicyclic) bond motifs is 2. The number of aryl methyl sites for hydroxylation is 3. The van der Waals surface area contributed by atoms with Gasteiger partial charge in [-0.25, -0.2) is 0 Å². The van der Waals surface area contributed by atoms with E-state index in [-0.39, 0.29) is 0 Å². The predicted molar refractivity (Wildman–Crippen MR) is 187 cm³/mol. The van der Waals surface area contributed by atoms with Crippen molar-refractivity contribution in [3.63, 3.8) is 0 Å². The van der Waals surface area contributed by atoms with E-state index in [0.29, 0.717) is 5.92 Å². The number of hydrogen-bond acceptors (Lipinski definition) is 0. The van der Waals surface area contributed by atoms with Gasteiger partial charge in [0.2, 0.25) is 0 Å². The van der Waals surface area contributed by atoms with Crippen molar-refractivity contribution in [1.29, 1.82) is 0 Å². The summed E-state index contributed by atoms with van der Waals surface area (Å²) < 4.78 is 0. The molecule has 0 amide bonds. The molecule has 0 heterocycles. The second-order valence-electron chi connectivity index (χ2n) is 10.8. The summed E-state index contributed by atoms with van der Waals surface area (Å²) in [6.07, 6.45) is 0. The van der Waals surface area contributed by atoms with Crippen LogP contribution in [0.15, 0.2) is 109 Å². The van der Waals surface area contributed by atoms with Crippen molar-refractivity contribution in [2.75, 3.05) is 0 Å². The van der Waals surface area contributed by atoms with Crippen molar-refractivity contribution in [1.82, 2.24) is 0 Å². The van der Waals surface area contributed by atoms with E-state index in [1.165, 1.54) is 66.1 Å². The molecule has 0 aliphatic carbocycles. The van der Waals surface area contributed by atoms with Gasteiger partial charge in [0.05, 0.1) is 0 Å². The van der Waals surface area contributed by atoms with Gasteiger partial charge in [0.1, 0.15) is 0 Å². The van der Waals surface area contributed by atoms with E-state index in [1.807, 2.05) is 0 Å². The Morgan fingerprint density at radius 2 is 1.26 bits per heavy atom. The number of hydrogen-bond donors (Lipinski definition) is 0. The summed E-state index contributed by atoms with van der Waals surface area (Å²) in [4.78, 5) is 0. The van der Waals surface area contributed by atoms with Crippen LogP contribution in [0.5, 0.6) is 0 Å². The molecular weight excluding hydrogens is 647 g/mol. The Morgan fingerprint density at radius 3 is 1.90 bits per heavy atom. The average Bonchev–Trinajstić information content (AvgIpc) is 3.60.